The fourth-order valence-corrected chi connectivity index (χ4v) is 8.57. The summed E-state index contributed by atoms with van der Waals surface area (Å²) in [6, 6.07) is 15.4. The molecule has 132 valence electrons. The highest BCUT2D eigenvalue weighted by atomic mass is 32.2. The highest BCUT2D eigenvalue weighted by molar-refractivity contribution is 8.24. The molecule has 2 aromatic rings. The Morgan fingerprint density at radius 3 is 2.92 bits per heavy atom. The zero-order valence-electron chi connectivity index (χ0n) is 14.2. The molecule has 0 aromatic heterocycles. The number of carbonyl (C=O) groups is 1. The van der Waals surface area contributed by atoms with Crippen molar-refractivity contribution in [2.45, 2.75) is 28.4 Å². The Labute approximate surface area is 167 Å². The van der Waals surface area contributed by atoms with Crippen LogP contribution in [0, 0.1) is 0 Å². The summed E-state index contributed by atoms with van der Waals surface area (Å²) in [6.45, 7) is 5.79. The van der Waals surface area contributed by atoms with Gasteiger partial charge in [0.2, 0.25) is 5.12 Å². The minimum Gasteiger partial charge on any atom is -0.282 e. The van der Waals surface area contributed by atoms with Crippen molar-refractivity contribution in [2.24, 2.45) is 0 Å². The molecule has 0 N–H and O–H groups in total. The second kappa shape index (κ2) is 9.45. The predicted octanol–water partition coefficient (Wildman–Crippen LogP) is 6.60. The average Bonchev–Trinajstić information content (AvgIpc) is 3.09. The molecule has 0 amide bonds. The van der Waals surface area contributed by atoms with Crippen LogP contribution in [0.1, 0.15) is 23.5 Å². The van der Waals surface area contributed by atoms with E-state index in [0.717, 1.165) is 5.08 Å². The average molecular weight is 407 g/mol. The lowest BCUT2D eigenvalue weighted by Crippen LogP contribution is -2.09. The minimum atomic E-state index is 0.0712. The topological polar surface area (TPSA) is 17.1 Å². The van der Waals surface area contributed by atoms with Crippen LogP contribution in [-0.4, -0.2) is 26.5 Å². The lowest BCUT2D eigenvalue weighted by atomic mass is 10.1. The van der Waals surface area contributed by atoms with Crippen molar-refractivity contribution in [2.75, 3.05) is 10.8 Å². The molecule has 0 radical (unpaired) electrons. The number of carbonyl (C=O) groups excluding carboxylic acids is 1. The van der Waals surface area contributed by atoms with Crippen LogP contribution in [0.15, 0.2) is 55.1 Å². The van der Waals surface area contributed by atoms with Crippen molar-refractivity contribution in [1.82, 2.24) is 0 Å². The van der Waals surface area contributed by atoms with Gasteiger partial charge in [-0.05, 0) is 34.9 Å². The molecule has 0 spiro atoms. The van der Waals surface area contributed by atoms with Crippen molar-refractivity contribution in [3.05, 3.63) is 60.7 Å². The van der Waals surface area contributed by atoms with E-state index >= 15 is 0 Å². The maximum Gasteiger partial charge on any atom is 0.212 e. The number of hydrogen-bond donors (Lipinski definition) is 0. The van der Waals surface area contributed by atoms with Crippen LogP contribution in [0.4, 0.5) is 0 Å². The van der Waals surface area contributed by atoms with Crippen LogP contribution >= 0.6 is 47.0 Å². The lowest BCUT2D eigenvalue weighted by Gasteiger charge is -2.15. The van der Waals surface area contributed by atoms with Crippen LogP contribution in [-0.2, 0) is 4.79 Å². The molecule has 1 saturated heterocycles. The SMILES string of the molecule is C=CC(=O)SCSC(C)CC1CSC(c2ccc3ccccc3c2)S1. The van der Waals surface area contributed by atoms with Gasteiger partial charge < -0.3 is 0 Å². The number of thioether (sulfide) groups is 4. The van der Waals surface area contributed by atoms with Crippen LogP contribution in [0.5, 0.6) is 0 Å². The van der Waals surface area contributed by atoms with E-state index in [0.29, 0.717) is 15.1 Å². The Balaban J connectivity index is 1.50. The molecule has 25 heavy (non-hydrogen) atoms. The van der Waals surface area contributed by atoms with Gasteiger partial charge in [-0.15, -0.1) is 35.3 Å². The van der Waals surface area contributed by atoms with E-state index in [9.17, 15) is 4.79 Å². The largest absolute Gasteiger partial charge is 0.282 e. The quantitative estimate of drug-likeness (QED) is 0.379. The molecule has 2 aromatic carbocycles. The summed E-state index contributed by atoms with van der Waals surface area (Å²) in [5, 5.41) is 4.82. The number of benzene rings is 2. The van der Waals surface area contributed by atoms with Gasteiger partial charge in [-0.2, -0.15) is 0 Å². The molecule has 1 aliphatic heterocycles. The molecular formula is C20H22OS4. The third-order valence-electron chi connectivity index (χ3n) is 4.11. The Morgan fingerprint density at radius 1 is 1.32 bits per heavy atom. The fraction of sp³-hybridized carbons (Fsp3) is 0.350. The van der Waals surface area contributed by atoms with Gasteiger partial charge in [-0.1, -0.05) is 61.7 Å². The molecule has 1 nitrogen and oxygen atoms in total. The van der Waals surface area contributed by atoms with Crippen LogP contribution in [0.3, 0.4) is 0 Å². The second-order valence-corrected chi connectivity index (χ2v) is 11.6. The summed E-state index contributed by atoms with van der Waals surface area (Å²) >= 11 is 7.40. The predicted molar refractivity (Wildman–Crippen MR) is 120 cm³/mol. The summed E-state index contributed by atoms with van der Waals surface area (Å²) in [6.07, 6.45) is 2.60. The smallest absolute Gasteiger partial charge is 0.212 e. The van der Waals surface area contributed by atoms with Crippen LogP contribution in [0.25, 0.3) is 10.8 Å². The molecule has 0 aliphatic carbocycles. The number of fused-ring (bicyclic) bond motifs is 1. The van der Waals surface area contributed by atoms with Gasteiger partial charge in [-0.3, -0.25) is 4.79 Å². The standard InChI is InChI=1S/C20H22OS4/c1-3-19(21)24-13-23-14(2)10-18-12-22-20(25-18)17-9-8-15-6-4-5-7-16(15)11-17/h3-9,11,14,18,20H,1,10,12-13H2,2H3. The van der Waals surface area contributed by atoms with Gasteiger partial charge in [0.05, 0.1) is 4.58 Å². The first-order valence-corrected chi connectivity index (χ1v) is 12.3. The second-order valence-electron chi connectivity index (χ2n) is 6.03. The maximum atomic E-state index is 11.3. The third kappa shape index (κ3) is 5.49. The summed E-state index contributed by atoms with van der Waals surface area (Å²) in [7, 11) is 0. The molecule has 5 heteroatoms. The first-order valence-electron chi connectivity index (χ1n) is 8.32. The van der Waals surface area contributed by atoms with Gasteiger partial charge in [-0.25, -0.2) is 0 Å². The molecular weight excluding hydrogens is 384 g/mol. The molecule has 1 fully saturated rings. The van der Waals surface area contributed by atoms with Crippen LogP contribution < -0.4 is 0 Å². The first-order chi connectivity index (χ1) is 12.2. The Kier molecular flexibility index (Phi) is 7.28. The molecule has 3 atom stereocenters. The fourth-order valence-electron chi connectivity index (χ4n) is 2.81. The third-order valence-corrected chi connectivity index (χ3v) is 9.72. The van der Waals surface area contributed by atoms with Crippen LogP contribution in [0.2, 0.25) is 0 Å². The van der Waals surface area contributed by atoms with Gasteiger partial charge in [0.15, 0.2) is 0 Å². The highest BCUT2D eigenvalue weighted by Gasteiger charge is 2.28. The zero-order valence-corrected chi connectivity index (χ0v) is 17.5. The van der Waals surface area contributed by atoms with Crippen molar-refractivity contribution in [1.29, 1.82) is 0 Å². The number of hydrogen-bond acceptors (Lipinski definition) is 5. The Morgan fingerprint density at radius 2 is 2.12 bits per heavy atom. The molecule has 3 unspecified atom stereocenters. The van der Waals surface area contributed by atoms with Gasteiger partial charge >= 0.3 is 0 Å². The van der Waals surface area contributed by atoms with E-state index in [1.807, 2.05) is 11.8 Å². The Hall–Kier alpha value is -0.490. The van der Waals surface area contributed by atoms with E-state index < -0.39 is 0 Å². The van der Waals surface area contributed by atoms with E-state index in [4.69, 9.17) is 0 Å². The molecule has 0 saturated carbocycles. The maximum absolute atomic E-state index is 11.3. The lowest BCUT2D eigenvalue weighted by molar-refractivity contribution is -0.107. The highest BCUT2D eigenvalue weighted by Crippen LogP contribution is 2.51. The van der Waals surface area contributed by atoms with Crippen molar-refractivity contribution < 1.29 is 4.79 Å². The van der Waals surface area contributed by atoms with Crippen molar-refractivity contribution >= 4 is 62.9 Å². The van der Waals surface area contributed by atoms with E-state index in [2.05, 4.69) is 79.5 Å². The normalized spacial score (nSPS) is 21.3. The number of rotatable bonds is 7. The summed E-state index contributed by atoms with van der Waals surface area (Å²) < 4.78 is 0.545. The summed E-state index contributed by atoms with van der Waals surface area (Å²) in [4.78, 5) is 11.3. The Bertz CT molecular complexity index is 745. The first kappa shape index (κ1) is 19.3. The summed E-state index contributed by atoms with van der Waals surface area (Å²) in [5.74, 6) is 1.21. The van der Waals surface area contributed by atoms with Gasteiger partial charge in [0.25, 0.3) is 0 Å². The minimum absolute atomic E-state index is 0.0712. The monoisotopic (exact) mass is 406 g/mol. The van der Waals surface area contributed by atoms with E-state index in [-0.39, 0.29) is 5.12 Å². The van der Waals surface area contributed by atoms with E-state index in [1.54, 1.807) is 0 Å². The summed E-state index contributed by atoms with van der Waals surface area (Å²) in [5.41, 5.74) is 1.43. The molecule has 3 rings (SSSR count). The zero-order chi connectivity index (χ0) is 17.6. The van der Waals surface area contributed by atoms with Crippen molar-refractivity contribution in [3.8, 4) is 0 Å². The molecule has 0 bridgehead atoms. The van der Waals surface area contributed by atoms with E-state index in [1.165, 1.54) is 46.3 Å². The van der Waals surface area contributed by atoms with Gasteiger partial charge in [0.1, 0.15) is 0 Å². The molecule has 1 aliphatic rings. The van der Waals surface area contributed by atoms with Crippen molar-refractivity contribution in [3.63, 3.8) is 0 Å². The molecule has 1 heterocycles. The van der Waals surface area contributed by atoms with Gasteiger partial charge in [0, 0.05) is 21.3 Å².